The second-order valence-electron chi connectivity index (χ2n) is 7.08. The van der Waals surface area contributed by atoms with Gasteiger partial charge in [0.2, 0.25) is 0 Å². The van der Waals surface area contributed by atoms with E-state index in [1.165, 1.54) is 14.2 Å². The Morgan fingerprint density at radius 2 is 1.76 bits per heavy atom. The molecule has 2 heterocycles. The first kappa shape index (κ1) is 19.0. The fraction of sp³-hybridized carbons (Fsp3) is 0.318. The predicted molar refractivity (Wildman–Crippen MR) is 106 cm³/mol. The molecule has 150 valence electrons. The Labute approximate surface area is 168 Å². The van der Waals surface area contributed by atoms with Crippen LogP contribution in [0, 0.1) is 0 Å². The second kappa shape index (κ2) is 7.58. The van der Waals surface area contributed by atoms with Crippen LogP contribution in [0.15, 0.2) is 42.5 Å². The molecular weight excluding hydrogens is 372 g/mol. The molecule has 3 amide bonds. The number of carbonyl (C=O) groups excluding carboxylic acids is 3. The van der Waals surface area contributed by atoms with Gasteiger partial charge in [0.1, 0.15) is 6.04 Å². The van der Waals surface area contributed by atoms with Crippen LogP contribution in [0.2, 0.25) is 0 Å². The van der Waals surface area contributed by atoms with Gasteiger partial charge in [0.25, 0.3) is 17.7 Å². The number of carbonyl (C=O) groups is 3. The van der Waals surface area contributed by atoms with Gasteiger partial charge in [-0.2, -0.15) is 0 Å². The lowest BCUT2D eigenvalue weighted by atomic mass is 10.0. The summed E-state index contributed by atoms with van der Waals surface area (Å²) in [4.78, 5) is 42.7. The Morgan fingerprint density at radius 3 is 2.52 bits per heavy atom. The van der Waals surface area contributed by atoms with E-state index in [0.717, 1.165) is 17.7 Å². The number of anilines is 1. The van der Waals surface area contributed by atoms with Gasteiger partial charge in [-0.25, -0.2) is 4.90 Å². The second-order valence-corrected chi connectivity index (χ2v) is 7.08. The van der Waals surface area contributed by atoms with Crippen LogP contribution in [0.4, 0.5) is 5.69 Å². The van der Waals surface area contributed by atoms with E-state index in [1.54, 1.807) is 47.4 Å². The SMILES string of the molecule is COc1ccc(C(=O)N2C(=O)C3CCCCN3C(=O)c3ccccc32)cc1OC. The van der Waals surface area contributed by atoms with Gasteiger partial charge < -0.3 is 14.4 Å². The van der Waals surface area contributed by atoms with Gasteiger partial charge in [-0.1, -0.05) is 12.1 Å². The average Bonchev–Trinajstić information content (AvgIpc) is 2.86. The molecule has 0 aromatic heterocycles. The van der Waals surface area contributed by atoms with E-state index in [2.05, 4.69) is 0 Å². The molecule has 2 aromatic rings. The zero-order valence-corrected chi connectivity index (χ0v) is 16.4. The van der Waals surface area contributed by atoms with Crippen molar-refractivity contribution >= 4 is 23.4 Å². The summed E-state index contributed by atoms with van der Waals surface area (Å²) in [6, 6.07) is 10.9. The third-order valence-electron chi connectivity index (χ3n) is 5.48. The Hall–Kier alpha value is -3.35. The first-order valence-electron chi connectivity index (χ1n) is 9.57. The molecule has 0 bridgehead atoms. The zero-order valence-electron chi connectivity index (χ0n) is 16.4. The van der Waals surface area contributed by atoms with Crippen molar-refractivity contribution < 1.29 is 23.9 Å². The summed E-state index contributed by atoms with van der Waals surface area (Å²) < 4.78 is 10.5. The van der Waals surface area contributed by atoms with Gasteiger partial charge in [0, 0.05) is 12.1 Å². The highest BCUT2D eigenvalue weighted by Gasteiger charge is 2.43. The Balaban J connectivity index is 1.83. The van der Waals surface area contributed by atoms with Crippen LogP contribution in [0.1, 0.15) is 40.0 Å². The number of benzene rings is 2. The first-order valence-corrected chi connectivity index (χ1v) is 9.57. The average molecular weight is 394 g/mol. The zero-order chi connectivity index (χ0) is 20.5. The van der Waals surface area contributed by atoms with Crippen LogP contribution in [0.3, 0.4) is 0 Å². The van der Waals surface area contributed by atoms with Crippen LogP contribution >= 0.6 is 0 Å². The summed E-state index contributed by atoms with van der Waals surface area (Å²) in [5.41, 5.74) is 0.957. The van der Waals surface area contributed by atoms with E-state index in [0.29, 0.717) is 35.7 Å². The maximum atomic E-state index is 13.5. The fourth-order valence-electron chi connectivity index (χ4n) is 4.01. The first-order chi connectivity index (χ1) is 14.1. The van der Waals surface area contributed by atoms with Crippen molar-refractivity contribution in [3.05, 3.63) is 53.6 Å². The monoisotopic (exact) mass is 394 g/mol. The summed E-state index contributed by atoms with van der Waals surface area (Å²) in [5, 5.41) is 0. The molecule has 0 N–H and O–H groups in total. The molecule has 7 heteroatoms. The topological polar surface area (TPSA) is 76.2 Å². The number of ether oxygens (including phenoxy) is 2. The summed E-state index contributed by atoms with van der Waals surface area (Å²) >= 11 is 0. The molecule has 0 radical (unpaired) electrons. The van der Waals surface area contributed by atoms with Gasteiger partial charge in [0.15, 0.2) is 11.5 Å². The van der Waals surface area contributed by atoms with Crippen molar-refractivity contribution in [2.75, 3.05) is 25.7 Å². The summed E-state index contributed by atoms with van der Waals surface area (Å²) in [5.74, 6) is -0.197. The molecule has 0 saturated carbocycles. The molecule has 2 aliphatic rings. The van der Waals surface area contributed by atoms with Gasteiger partial charge in [0.05, 0.1) is 25.5 Å². The van der Waals surface area contributed by atoms with Gasteiger partial charge in [-0.05, 0) is 49.6 Å². The van der Waals surface area contributed by atoms with Gasteiger partial charge in [-0.3, -0.25) is 14.4 Å². The number of rotatable bonds is 3. The molecule has 2 aromatic carbocycles. The third-order valence-corrected chi connectivity index (χ3v) is 5.48. The van der Waals surface area contributed by atoms with E-state index >= 15 is 0 Å². The van der Waals surface area contributed by atoms with Crippen molar-refractivity contribution in [3.8, 4) is 11.5 Å². The van der Waals surface area contributed by atoms with Crippen molar-refractivity contribution in [1.82, 2.24) is 4.90 Å². The maximum Gasteiger partial charge on any atom is 0.265 e. The van der Waals surface area contributed by atoms with Crippen LogP contribution in [0.25, 0.3) is 0 Å². The van der Waals surface area contributed by atoms with Crippen LogP contribution in [0.5, 0.6) is 11.5 Å². The largest absolute Gasteiger partial charge is 0.493 e. The molecule has 1 saturated heterocycles. The van der Waals surface area contributed by atoms with E-state index in [-0.39, 0.29) is 17.4 Å². The molecule has 2 aliphatic heterocycles. The smallest absolute Gasteiger partial charge is 0.265 e. The lowest BCUT2D eigenvalue weighted by Crippen LogP contribution is -2.52. The van der Waals surface area contributed by atoms with E-state index in [1.807, 2.05) is 0 Å². The normalized spacial score (nSPS) is 18.6. The highest BCUT2D eigenvalue weighted by atomic mass is 16.5. The van der Waals surface area contributed by atoms with Crippen molar-refractivity contribution in [2.45, 2.75) is 25.3 Å². The van der Waals surface area contributed by atoms with Crippen molar-refractivity contribution in [1.29, 1.82) is 0 Å². The molecule has 29 heavy (non-hydrogen) atoms. The minimum Gasteiger partial charge on any atom is -0.493 e. The minimum atomic E-state index is -0.632. The number of fused-ring (bicyclic) bond motifs is 2. The van der Waals surface area contributed by atoms with Crippen molar-refractivity contribution in [2.24, 2.45) is 0 Å². The van der Waals surface area contributed by atoms with Gasteiger partial charge >= 0.3 is 0 Å². The standard InChI is InChI=1S/C22H22N2O5/c1-28-18-11-10-14(13-19(18)29-2)20(25)24-16-8-4-3-7-15(16)21(26)23-12-6-5-9-17(23)22(24)27/h3-4,7-8,10-11,13,17H,5-6,9,12H2,1-2H3. The molecule has 7 nitrogen and oxygen atoms in total. The number of amides is 3. The highest BCUT2D eigenvalue weighted by Crippen LogP contribution is 2.34. The lowest BCUT2D eigenvalue weighted by molar-refractivity contribution is -0.123. The number of hydrogen-bond acceptors (Lipinski definition) is 5. The van der Waals surface area contributed by atoms with E-state index in [9.17, 15) is 14.4 Å². The molecule has 1 fully saturated rings. The minimum absolute atomic E-state index is 0.207. The van der Waals surface area contributed by atoms with E-state index in [4.69, 9.17) is 9.47 Å². The summed E-state index contributed by atoms with van der Waals surface area (Å²) in [6.07, 6.45) is 2.24. The number of methoxy groups -OCH3 is 2. The summed E-state index contributed by atoms with van der Waals surface area (Å²) in [6.45, 7) is 0.516. The number of nitrogens with zero attached hydrogens (tertiary/aromatic N) is 2. The molecular formula is C22H22N2O5. The highest BCUT2D eigenvalue weighted by molar-refractivity contribution is 6.26. The summed E-state index contributed by atoms with van der Waals surface area (Å²) in [7, 11) is 2.99. The van der Waals surface area contributed by atoms with Crippen LogP contribution in [-0.2, 0) is 4.79 Å². The van der Waals surface area contributed by atoms with Crippen molar-refractivity contribution in [3.63, 3.8) is 0 Å². The van der Waals surface area contributed by atoms with E-state index < -0.39 is 11.9 Å². The molecule has 1 atom stereocenters. The molecule has 1 unspecified atom stereocenters. The molecule has 4 rings (SSSR count). The van der Waals surface area contributed by atoms with Gasteiger partial charge in [-0.15, -0.1) is 0 Å². The quantitative estimate of drug-likeness (QED) is 0.749. The number of para-hydroxylation sites is 1. The Morgan fingerprint density at radius 1 is 1.00 bits per heavy atom. The Bertz CT molecular complexity index is 987. The fourth-order valence-corrected chi connectivity index (χ4v) is 4.01. The number of piperidine rings is 1. The molecule has 0 aliphatic carbocycles. The maximum absolute atomic E-state index is 13.5. The molecule has 0 spiro atoms. The Kier molecular flexibility index (Phi) is 4.96. The lowest BCUT2D eigenvalue weighted by Gasteiger charge is -2.34. The predicted octanol–water partition coefficient (Wildman–Crippen LogP) is 2.89. The van der Waals surface area contributed by atoms with Crippen LogP contribution < -0.4 is 14.4 Å². The number of hydrogen-bond donors (Lipinski definition) is 0. The number of imide groups is 1. The third kappa shape index (κ3) is 3.12. The van der Waals surface area contributed by atoms with Crippen LogP contribution in [-0.4, -0.2) is 49.4 Å².